The summed E-state index contributed by atoms with van der Waals surface area (Å²) in [7, 11) is 5.07. The van der Waals surface area contributed by atoms with Crippen LogP contribution < -0.4 is 15.4 Å². The van der Waals surface area contributed by atoms with Gasteiger partial charge in [-0.25, -0.2) is 0 Å². The Bertz CT molecular complexity index is 847. The van der Waals surface area contributed by atoms with Gasteiger partial charge in [0.2, 0.25) is 0 Å². The third-order valence-corrected chi connectivity index (χ3v) is 4.14. The van der Waals surface area contributed by atoms with Crippen LogP contribution in [0.15, 0.2) is 53.5 Å². The van der Waals surface area contributed by atoms with Crippen LogP contribution in [-0.2, 0) is 13.0 Å². The Kier molecular flexibility index (Phi) is 11.1. The molecule has 2 aromatic rings. The number of hydrogen-bond donors (Lipinski definition) is 2. The third kappa shape index (κ3) is 8.13. The molecule has 0 atom stereocenters. The van der Waals surface area contributed by atoms with Crippen LogP contribution >= 0.6 is 24.0 Å². The highest BCUT2D eigenvalue weighted by Crippen LogP contribution is 2.19. The molecule has 0 unspecified atom stereocenters. The van der Waals surface area contributed by atoms with Crippen molar-refractivity contribution in [1.29, 1.82) is 0 Å². The van der Waals surface area contributed by atoms with Gasteiger partial charge in [0, 0.05) is 45.4 Å². The molecule has 164 valence electrons. The van der Waals surface area contributed by atoms with Crippen LogP contribution in [-0.4, -0.2) is 51.1 Å². The molecule has 0 bridgehead atoms. The highest BCUT2D eigenvalue weighted by atomic mass is 127. The zero-order valence-corrected chi connectivity index (χ0v) is 19.5. The molecule has 2 N–H and O–H groups in total. The molecule has 2 rings (SSSR count). The van der Waals surface area contributed by atoms with Gasteiger partial charge >= 0.3 is 6.61 Å². The van der Waals surface area contributed by atoms with Crippen molar-refractivity contribution in [3.05, 3.63) is 65.2 Å². The fourth-order valence-electron chi connectivity index (χ4n) is 2.70. The van der Waals surface area contributed by atoms with Crippen molar-refractivity contribution in [1.82, 2.24) is 15.5 Å². The molecule has 0 aliphatic rings. The molecule has 1 amide bonds. The van der Waals surface area contributed by atoms with Crippen molar-refractivity contribution in [2.75, 3.05) is 27.7 Å². The van der Waals surface area contributed by atoms with Crippen molar-refractivity contribution < 1.29 is 18.3 Å². The minimum absolute atomic E-state index is 0. The fourth-order valence-corrected chi connectivity index (χ4v) is 2.70. The van der Waals surface area contributed by atoms with Gasteiger partial charge in [0.15, 0.2) is 5.96 Å². The summed E-state index contributed by atoms with van der Waals surface area (Å²) in [4.78, 5) is 17.7. The Morgan fingerprint density at radius 2 is 1.87 bits per heavy atom. The zero-order chi connectivity index (χ0) is 21.2. The maximum Gasteiger partial charge on any atom is 0.387 e. The largest absolute Gasteiger partial charge is 0.434 e. The maximum atomic E-state index is 12.5. The number of alkyl halides is 2. The lowest BCUT2D eigenvalue weighted by Gasteiger charge is -2.15. The van der Waals surface area contributed by atoms with E-state index in [1.54, 1.807) is 50.3 Å². The molecule has 0 spiro atoms. The third-order valence-electron chi connectivity index (χ3n) is 4.14. The Labute approximate surface area is 192 Å². The first-order chi connectivity index (χ1) is 13.9. The second-order valence-corrected chi connectivity index (χ2v) is 6.49. The van der Waals surface area contributed by atoms with E-state index >= 15 is 0 Å². The number of hydrogen-bond acceptors (Lipinski definition) is 3. The predicted octanol–water partition coefficient (Wildman–Crippen LogP) is 3.52. The molecule has 9 heteroatoms. The van der Waals surface area contributed by atoms with Crippen LogP contribution in [0.25, 0.3) is 0 Å². The Hall–Kier alpha value is -2.43. The second-order valence-electron chi connectivity index (χ2n) is 6.49. The Morgan fingerprint density at radius 1 is 1.13 bits per heavy atom. The van der Waals surface area contributed by atoms with Crippen molar-refractivity contribution in [2.45, 2.75) is 19.6 Å². The second kappa shape index (κ2) is 13.0. The number of guanidine groups is 1. The van der Waals surface area contributed by atoms with Gasteiger partial charge < -0.3 is 20.3 Å². The van der Waals surface area contributed by atoms with Crippen molar-refractivity contribution >= 4 is 35.8 Å². The lowest BCUT2D eigenvalue weighted by atomic mass is 10.1. The molecule has 0 aliphatic carbocycles. The molecule has 2 aromatic carbocycles. The number of carbonyl (C=O) groups is 1. The molecule has 0 saturated carbocycles. The number of aliphatic imine (C=N–C) groups is 1. The van der Waals surface area contributed by atoms with Gasteiger partial charge in [-0.2, -0.15) is 8.78 Å². The first kappa shape index (κ1) is 25.6. The van der Waals surface area contributed by atoms with Gasteiger partial charge in [0.1, 0.15) is 5.75 Å². The van der Waals surface area contributed by atoms with E-state index in [0.717, 1.165) is 5.56 Å². The van der Waals surface area contributed by atoms with Crippen molar-refractivity contribution in [3.63, 3.8) is 0 Å². The van der Waals surface area contributed by atoms with E-state index in [2.05, 4.69) is 20.4 Å². The van der Waals surface area contributed by atoms with Crippen LogP contribution in [0.3, 0.4) is 0 Å². The summed E-state index contributed by atoms with van der Waals surface area (Å²) in [6, 6.07) is 14.1. The highest BCUT2D eigenvalue weighted by Gasteiger charge is 2.10. The summed E-state index contributed by atoms with van der Waals surface area (Å²) >= 11 is 0. The Balaban J connectivity index is 0.00000450. The molecule has 0 aromatic heterocycles. The van der Waals surface area contributed by atoms with E-state index < -0.39 is 6.61 Å². The molecular formula is C21H27F2IN4O2. The molecule has 0 saturated heterocycles. The van der Waals surface area contributed by atoms with Crippen LogP contribution in [0.2, 0.25) is 0 Å². The normalized spacial score (nSPS) is 10.9. The summed E-state index contributed by atoms with van der Waals surface area (Å²) in [5.41, 5.74) is 2.27. The monoisotopic (exact) mass is 532 g/mol. The lowest BCUT2D eigenvalue weighted by Crippen LogP contribution is -2.38. The SMILES string of the molecule is CN=C(NCCc1cccc(C(=O)N(C)C)c1)NCc1ccccc1OC(F)F.I. The van der Waals surface area contributed by atoms with E-state index in [0.29, 0.717) is 30.1 Å². The average Bonchev–Trinajstić information content (AvgIpc) is 2.70. The van der Waals surface area contributed by atoms with E-state index in [9.17, 15) is 13.6 Å². The number of nitrogens with zero attached hydrogens (tertiary/aromatic N) is 2. The van der Waals surface area contributed by atoms with Crippen LogP contribution in [0, 0.1) is 0 Å². The van der Waals surface area contributed by atoms with Gasteiger partial charge in [-0.05, 0) is 30.2 Å². The molecule has 0 radical (unpaired) electrons. The van der Waals surface area contributed by atoms with Crippen LogP contribution in [0.4, 0.5) is 8.78 Å². The zero-order valence-electron chi connectivity index (χ0n) is 17.2. The summed E-state index contributed by atoms with van der Waals surface area (Å²) in [6.45, 7) is -1.99. The van der Waals surface area contributed by atoms with Crippen molar-refractivity contribution in [2.24, 2.45) is 4.99 Å². The van der Waals surface area contributed by atoms with Gasteiger partial charge in [-0.1, -0.05) is 30.3 Å². The summed E-state index contributed by atoms with van der Waals surface area (Å²) < 4.78 is 29.6. The van der Waals surface area contributed by atoms with Gasteiger partial charge in [-0.3, -0.25) is 9.79 Å². The topological polar surface area (TPSA) is 66.0 Å². The lowest BCUT2D eigenvalue weighted by molar-refractivity contribution is -0.0504. The van der Waals surface area contributed by atoms with E-state index in [1.165, 1.54) is 6.07 Å². The van der Waals surface area contributed by atoms with E-state index in [-0.39, 0.29) is 42.2 Å². The number of amides is 1. The molecule has 0 fully saturated rings. The fraction of sp³-hybridized carbons (Fsp3) is 0.333. The molecule has 0 aliphatic heterocycles. The molecule has 30 heavy (non-hydrogen) atoms. The summed E-state index contributed by atoms with van der Waals surface area (Å²) in [5.74, 6) is 0.632. The molecule has 0 heterocycles. The maximum absolute atomic E-state index is 12.5. The predicted molar refractivity (Wildman–Crippen MR) is 125 cm³/mol. The molecule has 6 nitrogen and oxygen atoms in total. The first-order valence-corrected chi connectivity index (χ1v) is 9.18. The van der Waals surface area contributed by atoms with Crippen LogP contribution in [0.1, 0.15) is 21.5 Å². The number of ether oxygens (including phenoxy) is 1. The minimum atomic E-state index is -2.87. The van der Waals surface area contributed by atoms with E-state index in [4.69, 9.17) is 0 Å². The molecular weight excluding hydrogens is 505 g/mol. The number of carbonyl (C=O) groups excluding carboxylic acids is 1. The Morgan fingerprint density at radius 3 is 2.53 bits per heavy atom. The van der Waals surface area contributed by atoms with Gasteiger partial charge in [-0.15, -0.1) is 24.0 Å². The minimum Gasteiger partial charge on any atom is -0.434 e. The number of rotatable bonds is 8. The number of benzene rings is 2. The first-order valence-electron chi connectivity index (χ1n) is 9.18. The van der Waals surface area contributed by atoms with Gasteiger partial charge in [0.05, 0.1) is 0 Å². The van der Waals surface area contributed by atoms with Gasteiger partial charge in [0.25, 0.3) is 5.91 Å². The summed E-state index contributed by atoms with van der Waals surface area (Å²) in [6.07, 6.45) is 0.695. The van der Waals surface area contributed by atoms with E-state index in [1.807, 2.05) is 18.2 Å². The average molecular weight is 532 g/mol. The summed E-state index contributed by atoms with van der Waals surface area (Å²) in [5, 5.41) is 6.26. The standard InChI is InChI=1S/C21H26F2N4O2.HI/c1-24-21(26-14-17-8-4-5-10-18(17)29-20(22)23)25-12-11-15-7-6-9-16(13-15)19(28)27(2)3;/h4-10,13,20H,11-12,14H2,1-3H3,(H2,24,25,26);1H. The smallest absolute Gasteiger partial charge is 0.387 e. The number of halogens is 3. The van der Waals surface area contributed by atoms with Crippen molar-refractivity contribution in [3.8, 4) is 5.75 Å². The number of nitrogens with one attached hydrogen (secondary N) is 2. The van der Waals surface area contributed by atoms with Crippen LogP contribution in [0.5, 0.6) is 5.75 Å². The highest BCUT2D eigenvalue weighted by molar-refractivity contribution is 14.0. The number of para-hydroxylation sites is 1. The quantitative estimate of drug-likeness (QED) is 0.311.